The number of ether oxygens (including phenoxy) is 2. The van der Waals surface area contributed by atoms with E-state index < -0.39 is 0 Å². The number of rotatable bonds is 9. The Balaban J connectivity index is 1.67. The lowest BCUT2D eigenvalue weighted by molar-refractivity contribution is -0.121. The molecule has 1 amide bonds. The van der Waals surface area contributed by atoms with Crippen LogP contribution in [0.2, 0.25) is 0 Å². The van der Waals surface area contributed by atoms with Gasteiger partial charge in [-0.3, -0.25) is 4.79 Å². The van der Waals surface area contributed by atoms with Crippen LogP contribution in [0.3, 0.4) is 0 Å². The first-order valence-electron chi connectivity index (χ1n) is 6.97. The lowest BCUT2D eigenvalue weighted by Gasteiger charge is -2.07. The molecule has 0 atom stereocenters. The summed E-state index contributed by atoms with van der Waals surface area (Å²) >= 11 is 0. The van der Waals surface area contributed by atoms with Crippen LogP contribution in [0, 0.1) is 0 Å². The molecular formula is C15H22N2O3. The van der Waals surface area contributed by atoms with Crippen molar-refractivity contribution < 1.29 is 14.3 Å². The average molecular weight is 278 g/mol. The Kier molecular flexibility index (Phi) is 5.98. The summed E-state index contributed by atoms with van der Waals surface area (Å²) in [6.45, 7) is 1.86. The van der Waals surface area contributed by atoms with Crippen LogP contribution in [0.4, 0.5) is 5.69 Å². The van der Waals surface area contributed by atoms with Gasteiger partial charge in [0.2, 0.25) is 5.91 Å². The van der Waals surface area contributed by atoms with Crippen molar-refractivity contribution in [3.05, 3.63) is 29.8 Å². The molecule has 5 nitrogen and oxygen atoms in total. The first-order valence-corrected chi connectivity index (χ1v) is 6.97. The summed E-state index contributed by atoms with van der Waals surface area (Å²) in [5, 5.41) is 6.25. The van der Waals surface area contributed by atoms with E-state index in [0.717, 1.165) is 12.2 Å². The van der Waals surface area contributed by atoms with Gasteiger partial charge in [0.15, 0.2) is 0 Å². The van der Waals surface area contributed by atoms with Gasteiger partial charge in [-0.15, -0.1) is 0 Å². The zero-order chi connectivity index (χ0) is 14.2. The number of amides is 1. The highest BCUT2D eigenvalue weighted by atomic mass is 16.5. The van der Waals surface area contributed by atoms with E-state index in [1.165, 1.54) is 18.4 Å². The Hall–Kier alpha value is -1.43. The maximum Gasteiger partial charge on any atom is 0.250 e. The largest absolute Gasteiger partial charge is 0.382 e. The number of hydrogen-bond acceptors (Lipinski definition) is 4. The van der Waals surface area contributed by atoms with E-state index >= 15 is 0 Å². The third-order valence-electron chi connectivity index (χ3n) is 3.07. The van der Waals surface area contributed by atoms with Gasteiger partial charge >= 0.3 is 0 Å². The molecule has 0 bridgehead atoms. The van der Waals surface area contributed by atoms with E-state index in [1.54, 1.807) is 7.11 Å². The molecule has 1 fully saturated rings. The van der Waals surface area contributed by atoms with Crippen LogP contribution in [-0.2, 0) is 20.8 Å². The fraction of sp³-hybridized carbons (Fsp3) is 0.533. The Morgan fingerprint density at radius 1 is 1.25 bits per heavy atom. The van der Waals surface area contributed by atoms with Gasteiger partial charge in [-0.25, -0.2) is 0 Å². The second-order valence-electron chi connectivity index (χ2n) is 4.95. The topological polar surface area (TPSA) is 59.6 Å². The van der Waals surface area contributed by atoms with Crippen LogP contribution in [0.25, 0.3) is 0 Å². The minimum Gasteiger partial charge on any atom is -0.382 e. The monoisotopic (exact) mass is 278 g/mol. The molecular weight excluding hydrogens is 256 g/mol. The minimum absolute atomic E-state index is 0.0499. The van der Waals surface area contributed by atoms with E-state index in [1.807, 2.05) is 24.3 Å². The van der Waals surface area contributed by atoms with Crippen LogP contribution in [-0.4, -0.2) is 38.9 Å². The predicted octanol–water partition coefficient (Wildman–Crippen LogP) is 1.54. The summed E-state index contributed by atoms with van der Waals surface area (Å²) in [5.74, 6) is -0.148. The molecule has 0 aromatic heterocycles. The van der Waals surface area contributed by atoms with Gasteiger partial charge in [0, 0.05) is 25.4 Å². The number of hydrogen-bond donors (Lipinski definition) is 2. The van der Waals surface area contributed by atoms with Crippen molar-refractivity contribution in [1.29, 1.82) is 0 Å². The smallest absolute Gasteiger partial charge is 0.250 e. The van der Waals surface area contributed by atoms with E-state index in [2.05, 4.69) is 10.6 Å². The van der Waals surface area contributed by atoms with Crippen LogP contribution in [0.1, 0.15) is 18.4 Å². The molecule has 0 spiro atoms. The molecule has 2 rings (SSSR count). The molecule has 1 aromatic carbocycles. The predicted molar refractivity (Wildman–Crippen MR) is 77.6 cm³/mol. The SMILES string of the molecule is COCCOCC(=O)Nc1ccc(CNC2CC2)cc1. The van der Waals surface area contributed by atoms with E-state index in [4.69, 9.17) is 9.47 Å². The molecule has 110 valence electrons. The Morgan fingerprint density at radius 3 is 2.65 bits per heavy atom. The number of carbonyl (C=O) groups excluding carboxylic acids is 1. The van der Waals surface area contributed by atoms with Crippen molar-refractivity contribution in [2.45, 2.75) is 25.4 Å². The number of methoxy groups -OCH3 is 1. The molecule has 5 heteroatoms. The van der Waals surface area contributed by atoms with E-state index in [-0.39, 0.29) is 12.5 Å². The average Bonchev–Trinajstić information content (AvgIpc) is 3.27. The summed E-state index contributed by atoms with van der Waals surface area (Å²) in [6, 6.07) is 8.58. The highest BCUT2D eigenvalue weighted by Gasteiger charge is 2.19. The first-order chi connectivity index (χ1) is 9.78. The molecule has 0 unspecified atom stereocenters. The third kappa shape index (κ3) is 5.69. The van der Waals surface area contributed by atoms with Gasteiger partial charge in [-0.1, -0.05) is 12.1 Å². The van der Waals surface area contributed by atoms with Gasteiger partial charge in [-0.05, 0) is 30.5 Å². The van der Waals surface area contributed by atoms with Gasteiger partial charge in [0.1, 0.15) is 6.61 Å². The molecule has 0 aliphatic heterocycles. The summed E-state index contributed by atoms with van der Waals surface area (Å²) in [6.07, 6.45) is 2.58. The molecule has 1 saturated carbocycles. The van der Waals surface area contributed by atoms with Crippen molar-refractivity contribution in [1.82, 2.24) is 5.32 Å². The van der Waals surface area contributed by atoms with E-state index in [9.17, 15) is 4.79 Å². The van der Waals surface area contributed by atoms with Crippen LogP contribution in [0.5, 0.6) is 0 Å². The molecule has 20 heavy (non-hydrogen) atoms. The normalized spacial score (nSPS) is 14.2. The van der Waals surface area contributed by atoms with Crippen molar-refractivity contribution in [3.63, 3.8) is 0 Å². The minimum atomic E-state index is -0.148. The summed E-state index contributed by atoms with van der Waals surface area (Å²) in [5.41, 5.74) is 2.02. The maximum atomic E-state index is 11.6. The number of benzene rings is 1. The Morgan fingerprint density at radius 2 is 2.00 bits per heavy atom. The summed E-state index contributed by atoms with van der Waals surface area (Å²) in [7, 11) is 1.60. The number of nitrogens with one attached hydrogen (secondary N) is 2. The third-order valence-corrected chi connectivity index (χ3v) is 3.07. The molecule has 1 aromatic rings. The van der Waals surface area contributed by atoms with Crippen molar-refractivity contribution in [2.24, 2.45) is 0 Å². The Labute approximate surface area is 119 Å². The zero-order valence-corrected chi connectivity index (χ0v) is 11.9. The number of carbonyl (C=O) groups is 1. The maximum absolute atomic E-state index is 11.6. The summed E-state index contributed by atoms with van der Waals surface area (Å²) < 4.78 is 9.99. The van der Waals surface area contributed by atoms with Gasteiger partial charge in [0.05, 0.1) is 13.2 Å². The second kappa shape index (κ2) is 7.99. The lowest BCUT2D eigenvalue weighted by Crippen LogP contribution is -2.19. The number of anilines is 1. The standard InChI is InChI=1S/C15H22N2O3/c1-19-8-9-20-11-15(18)17-14-4-2-12(3-5-14)10-16-13-6-7-13/h2-5,13,16H,6-11H2,1H3,(H,17,18). The van der Waals surface area contributed by atoms with Gasteiger partial charge in [0.25, 0.3) is 0 Å². The van der Waals surface area contributed by atoms with Crippen LogP contribution >= 0.6 is 0 Å². The lowest BCUT2D eigenvalue weighted by atomic mass is 10.2. The summed E-state index contributed by atoms with van der Waals surface area (Å²) in [4.78, 5) is 11.6. The molecule has 2 N–H and O–H groups in total. The van der Waals surface area contributed by atoms with Crippen molar-refractivity contribution in [3.8, 4) is 0 Å². The zero-order valence-electron chi connectivity index (χ0n) is 11.9. The molecule has 0 saturated heterocycles. The first kappa shape index (κ1) is 15.0. The van der Waals surface area contributed by atoms with Gasteiger partial charge in [-0.2, -0.15) is 0 Å². The highest BCUT2D eigenvalue weighted by molar-refractivity contribution is 5.91. The Bertz CT molecular complexity index is 416. The highest BCUT2D eigenvalue weighted by Crippen LogP contribution is 2.19. The fourth-order valence-corrected chi connectivity index (χ4v) is 1.76. The molecule has 1 aliphatic rings. The quantitative estimate of drug-likeness (QED) is 0.673. The van der Waals surface area contributed by atoms with Crippen molar-refractivity contribution in [2.75, 3.05) is 32.2 Å². The van der Waals surface area contributed by atoms with Crippen LogP contribution < -0.4 is 10.6 Å². The fourth-order valence-electron chi connectivity index (χ4n) is 1.76. The van der Waals surface area contributed by atoms with Crippen molar-refractivity contribution >= 4 is 11.6 Å². The second-order valence-corrected chi connectivity index (χ2v) is 4.95. The van der Waals surface area contributed by atoms with E-state index in [0.29, 0.717) is 19.3 Å². The van der Waals surface area contributed by atoms with Crippen LogP contribution in [0.15, 0.2) is 24.3 Å². The molecule has 1 aliphatic carbocycles. The molecule has 0 radical (unpaired) electrons. The molecule has 0 heterocycles. The van der Waals surface area contributed by atoms with Gasteiger partial charge < -0.3 is 20.1 Å².